The Bertz CT molecular complexity index is 554. The topological polar surface area (TPSA) is 21.3 Å². The molecule has 0 atom stereocenters. The van der Waals surface area contributed by atoms with Crippen molar-refractivity contribution in [2.24, 2.45) is 0 Å². The molecule has 3 rings (SSSR count). The maximum Gasteiger partial charge on any atom is 0.133 e. The van der Waals surface area contributed by atoms with Crippen molar-refractivity contribution in [3.63, 3.8) is 0 Å². The van der Waals surface area contributed by atoms with Crippen LogP contribution in [-0.2, 0) is 12.8 Å². The van der Waals surface area contributed by atoms with E-state index in [1.165, 1.54) is 17.7 Å². The van der Waals surface area contributed by atoms with Crippen LogP contribution in [0.5, 0.6) is 11.5 Å². The molecule has 2 aromatic rings. The normalized spacial score (nSPS) is 12.2. The number of aryl methyl sites for hydroxylation is 2. The van der Waals surface area contributed by atoms with E-state index in [1.54, 1.807) is 6.07 Å². The number of rotatable bonds is 0. The van der Waals surface area contributed by atoms with Crippen LogP contribution in [0.4, 0.5) is 4.39 Å². The Labute approximate surface area is 113 Å². The molecule has 2 nitrogen and oxygen atoms in total. The monoisotopic (exact) mass is 259 g/mol. The molecule has 2 aromatic carbocycles. The number of benzene rings is 2. The molecule has 1 N–H and O–H groups in total. The summed E-state index contributed by atoms with van der Waals surface area (Å²) in [6.07, 6.45) is 1.83. The van der Waals surface area contributed by atoms with E-state index < -0.39 is 0 Å². The van der Waals surface area contributed by atoms with Crippen LogP contribution < -0.4 is 10.1 Å². The molecule has 0 fully saturated rings. The third-order valence-electron chi connectivity index (χ3n) is 2.89. The average molecular weight is 259 g/mol. The van der Waals surface area contributed by atoms with E-state index >= 15 is 0 Å². The van der Waals surface area contributed by atoms with E-state index in [9.17, 15) is 4.39 Å². The van der Waals surface area contributed by atoms with Gasteiger partial charge >= 0.3 is 0 Å². The fourth-order valence-corrected chi connectivity index (χ4v) is 2.03. The number of hydrogen-bond donors (Lipinski definition) is 1. The highest BCUT2D eigenvalue weighted by molar-refractivity contribution is 5.44. The molecule has 0 unspecified atom stereocenters. The number of halogens is 1. The molecule has 1 aliphatic rings. The summed E-state index contributed by atoms with van der Waals surface area (Å²) < 4.78 is 18.9. The molecule has 0 spiro atoms. The summed E-state index contributed by atoms with van der Waals surface area (Å²) in [5.41, 5.74) is 2.25. The minimum atomic E-state index is -0.252. The number of fused-ring (bicyclic) bond motifs is 2. The Kier molecular flexibility index (Phi) is 4.53. The first-order valence-corrected chi connectivity index (χ1v) is 6.37. The smallest absolute Gasteiger partial charge is 0.133 e. The van der Waals surface area contributed by atoms with Gasteiger partial charge in [0.15, 0.2) is 0 Å². The lowest BCUT2D eigenvalue weighted by Crippen LogP contribution is -1.89. The highest BCUT2D eigenvalue weighted by Crippen LogP contribution is 2.33. The van der Waals surface area contributed by atoms with Gasteiger partial charge in [0.2, 0.25) is 0 Å². The molecule has 0 saturated heterocycles. The van der Waals surface area contributed by atoms with Crippen LogP contribution in [0.3, 0.4) is 0 Å². The van der Waals surface area contributed by atoms with E-state index in [4.69, 9.17) is 4.74 Å². The largest absolute Gasteiger partial charge is 0.457 e. The fourth-order valence-electron chi connectivity index (χ4n) is 2.03. The molecule has 0 aromatic heterocycles. The van der Waals surface area contributed by atoms with Crippen molar-refractivity contribution < 1.29 is 9.13 Å². The fraction of sp³-hybridized carbons (Fsp3) is 0.250. The van der Waals surface area contributed by atoms with Crippen molar-refractivity contribution in [2.45, 2.75) is 12.8 Å². The van der Waals surface area contributed by atoms with Crippen molar-refractivity contribution >= 4 is 0 Å². The molecule has 100 valence electrons. The zero-order valence-electron chi connectivity index (χ0n) is 11.2. The van der Waals surface area contributed by atoms with Crippen molar-refractivity contribution in [1.82, 2.24) is 5.32 Å². The molecular weight excluding hydrogens is 241 g/mol. The van der Waals surface area contributed by atoms with E-state index in [1.807, 2.05) is 32.3 Å². The summed E-state index contributed by atoms with van der Waals surface area (Å²) in [6.45, 7) is 0. The zero-order valence-corrected chi connectivity index (χ0v) is 11.2. The summed E-state index contributed by atoms with van der Waals surface area (Å²) in [5, 5.41) is 2.75. The summed E-state index contributed by atoms with van der Waals surface area (Å²) >= 11 is 0. The summed E-state index contributed by atoms with van der Waals surface area (Å²) in [5.74, 6) is 1.23. The van der Waals surface area contributed by atoms with Crippen molar-refractivity contribution in [2.75, 3.05) is 14.1 Å². The highest BCUT2D eigenvalue weighted by Gasteiger charge is 2.14. The molecule has 0 aliphatic carbocycles. The molecule has 3 heteroatoms. The molecular formula is C16H18FNO. The van der Waals surface area contributed by atoms with E-state index in [-0.39, 0.29) is 5.82 Å². The summed E-state index contributed by atoms with van der Waals surface area (Å²) in [7, 11) is 3.75. The van der Waals surface area contributed by atoms with E-state index in [2.05, 4.69) is 11.4 Å². The van der Waals surface area contributed by atoms with Gasteiger partial charge in [-0.05, 0) is 50.2 Å². The SMILES string of the molecule is CNC.Fc1ccc2c(c1)Oc1ccccc1CC2. The predicted molar refractivity (Wildman–Crippen MR) is 75.3 cm³/mol. The van der Waals surface area contributed by atoms with Gasteiger partial charge in [-0.25, -0.2) is 4.39 Å². The lowest BCUT2D eigenvalue weighted by molar-refractivity contribution is 0.473. The third kappa shape index (κ3) is 3.32. The second-order valence-electron chi connectivity index (χ2n) is 4.46. The van der Waals surface area contributed by atoms with Gasteiger partial charge in [0, 0.05) is 6.07 Å². The predicted octanol–water partition coefficient (Wildman–Crippen LogP) is 3.55. The van der Waals surface area contributed by atoms with Crippen LogP contribution in [-0.4, -0.2) is 14.1 Å². The van der Waals surface area contributed by atoms with Gasteiger partial charge in [0.05, 0.1) is 0 Å². The lowest BCUT2D eigenvalue weighted by Gasteiger charge is -2.08. The molecule has 0 radical (unpaired) electrons. The second-order valence-corrected chi connectivity index (χ2v) is 4.46. The van der Waals surface area contributed by atoms with Crippen LogP contribution in [0.15, 0.2) is 42.5 Å². The minimum absolute atomic E-state index is 0.252. The Balaban J connectivity index is 0.000000408. The molecule has 19 heavy (non-hydrogen) atoms. The maximum atomic E-state index is 13.1. The van der Waals surface area contributed by atoms with Crippen molar-refractivity contribution in [1.29, 1.82) is 0 Å². The lowest BCUT2D eigenvalue weighted by atomic mass is 10.0. The van der Waals surface area contributed by atoms with Crippen LogP contribution in [0.2, 0.25) is 0 Å². The van der Waals surface area contributed by atoms with E-state index in [0.717, 1.165) is 24.2 Å². The summed E-state index contributed by atoms with van der Waals surface area (Å²) in [4.78, 5) is 0. The Morgan fingerprint density at radius 3 is 2.32 bits per heavy atom. The van der Waals surface area contributed by atoms with Gasteiger partial charge in [-0.1, -0.05) is 24.3 Å². The van der Waals surface area contributed by atoms with Crippen molar-refractivity contribution in [3.05, 3.63) is 59.4 Å². The van der Waals surface area contributed by atoms with Crippen LogP contribution >= 0.6 is 0 Å². The first-order valence-electron chi connectivity index (χ1n) is 6.37. The molecule has 1 heterocycles. The van der Waals surface area contributed by atoms with Gasteiger partial charge < -0.3 is 10.1 Å². The van der Waals surface area contributed by atoms with Crippen LogP contribution in [0.25, 0.3) is 0 Å². The maximum absolute atomic E-state index is 13.1. The number of ether oxygens (including phenoxy) is 1. The van der Waals surface area contributed by atoms with Gasteiger partial charge in [-0.3, -0.25) is 0 Å². The van der Waals surface area contributed by atoms with Gasteiger partial charge in [-0.2, -0.15) is 0 Å². The Morgan fingerprint density at radius 1 is 0.947 bits per heavy atom. The minimum Gasteiger partial charge on any atom is -0.457 e. The molecule has 0 amide bonds. The summed E-state index contributed by atoms with van der Waals surface area (Å²) in [6, 6.07) is 12.7. The van der Waals surface area contributed by atoms with Gasteiger partial charge in [-0.15, -0.1) is 0 Å². The average Bonchev–Trinajstić information content (AvgIpc) is 2.58. The number of hydrogen-bond acceptors (Lipinski definition) is 2. The quantitative estimate of drug-likeness (QED) is 0.781. The Hall–Kier alpha value is -1.87. The first-order chi connectivity index (χ1) is 9.24. The second kappa shape index (κ2) is 6.34. The number of nitrogens with one attached hydrogen (secondary N) is 1. The molecule has 0 saturated carbocycles. The van der Waals surface area contributed by atoms with Crippen molar-refractivity contribution in [3.8, 4) is 11.5 Å². The van der Waals surface area contributed by atoms with Crippen LogP contribution in [0, 0.1) is 5.82 Å². The number of para-hydroxylation sites is 1. The first kappa shape index (κ1) is 13.6. The highest BCUT2D eigenvalue weighted by atomic mass is 19.1. The van der Waals surface area contributed by atoms with Gasteiger partial charge in [0.25, 0.3) is 0 Å². The zero-order chi connectivity index (χ0) is 13.7. The van der Waals surface area contributed by atoms with E-state index in [0.29, 0.717) is 5.75 Å². The van der Waals surface area contributed by atoms with Gasteiger partial charge in [0.1, 0.15) is 17.3 Å². The molecule has 0 bridgehead atoms. The third-order valence-corrected chi connectivity index (χ3v) is 2.89. The molecule has 1 aliphatic heterocycles. The van der Waals surface area contributed by atoms with Crippen LogP contribution in [0.1, 0.15) is 11.1 Å². The standard InChI is InChI=1S/C14H11FO.C2H7N/c15-12-8-7-11-6-5-10-3-1-2-4-13(10)16-14(11)9-12;1-3-2/h1-4,7-9H,5-6H2;3H,1-2H3. The Morgan fingerprint density at radius 2 is 1.58 bits per heavy atom.